The van der Waals surface area contributed by atoms with E-state index in [0.717, 1.165) is 38.5 Å². The van der Waals surface area contributed by atoms with Crippen molar-refractivity contribution in [3.05, 3.63) is 29.8 Å². The molecule has 1 aliphatic heterocycles. The molecule has 1 N–H and O–H groups in total. The van der Waals surface area contributed by atoms with Crippen LogP contribution < -0.4 is 4.74 Å². The van der Waals surface area contributed by atoms with E-state index >= 15 is 0 Å². The van der Waals surface area contributed by atoms with Crippen LogP contribution in [-0.4, -0.2) is 68.8 Å². The van der Waals surface area contributed by atoms with Crippen LogP contribution in [0, 0.1) is 0 Å². The first-order valence-corrected chi connectivity index (χ1v) is 8.05. The predicted octanol–water partition coefficient (Wildman–Crippen LogP) is 1.34. The minimum atomic E-state index is -0.457. The molecule has 1 aromatic rings. The van der Waals surface area contributed by atoms with Crippen molar-refractivity contribution in [2.24, 2.45) is 0 Å². The van der Waals surface area contributed by atoms with Crippen molar-refractivity contribution in [1.82, 2.24) is 4.90 Å². The highest BCUT2D eigenvalue weighted by molar-refractivity contribution is 5.27. The largest absolute Gasteiger partial charge is 0.491 e. The molecule has 124 valence electrons. The smallest absolute Gasteiger partial charge is 0.119 e. The van der Waals surface area contributed by atoms with Gasteiger partial charge in [0, 0.05) is 19.6 Å². The van der Waals surface area contributed by atoms with Crippen LogP contribution in [0.4, 0.5) is 0 Å². The van der Waals surface area contributed by atoms with Gasteiger partial charge in [-0.2, -0.15) is 0 Å². The van der Waals surface area contributed by atoms with Crippen LogP contribution in [0.25, 0.3) is 0 Å². The highest BCUT2D eigenvalue weighted by Crippen LogP contribution is 2.12. The zero-order valence-corrected chi connectivity index (χ0v) is 13.4. The minimum Gasteiger partial charge on any atom is -0.491 e. The highest BCUT2D eigenvalue weighted by atomic mass is 16.5. The number of nitrogens with zero attached hydrogens (tertiary/aromatic N) is 1. The Morgan fingerprint density at radius 1 is 1.18 bits per heavy atom. The molecule has 1 atom stereocenters. The van der Waals surface area contributed by atoms with Gasteiger partial charge in [0.2, 0.25) is 0 Å². The molecule has 0 amide bonds. The first-order chi connectivity index (χ1) is 10.8. The van der Waals surface area contributed by atoms with E-state index in [2.05, 4.69) is 24.0 Å². The molecular weight excluding hydrogens is 282 g/mol. The second kappa shape index (κ2) is 9.79. The van der Waals surface area contributed by atoms with E-state index in [1.165, 1.54) is 5.56 Å². The first-order valence-electron chi connectivity index (χ1n) is 8.05. The lowest BCUT2D eigenvalue weighted by Crippen LogP contribution is -2.42. The molecule has 0 saturated carbocycles. The van der Waals surface area contributed by atoms with Crippen molar-refractivity contribution in [2.45, 2.75) is 19.4 Å². The molecule has 1 saturated heterocycles. The molecule has 2 rings (SSSR count). The van der Waals surface area contributed by atoms with E-state index in [0.29, 0.717) is 26.4 Å². The molecule has 1 fully saturated rings. The van der Waals surface area contributed by atoms with E-state index in [9.17, 15) is 5.11 Å². The Labute approximate surface area is 132 Å². The predicted molar refractivity (Wildman–Crippen MR) is 85.4 cm³/mol. The third-order valence-corrected chi connectivity index (χ3v) is 3.71. The second-order valence-corrected chi connectivity index (χ2v) is 5.49. The molecule has 0 unspecified atom stereocenters. The monoisotopic (exact) mass is 309 g/mol. The zero-order valence-electron chi connectivity index (χ0n) is 13.4. The van der Waals surface area contributed by atoms with Crippen LogP contribution >= 0.6 is 0 Å². The van der Waals surface area contributed by atoms with E-state index < -0.39 is 6.10 Å². The number of aliphatic hydroxyl groups excluding tert-OH is 1. The molecule has 1 aliphatic rings. The van der Waals surface area contributed by atoms with Crippen LogP contribution in [0.15, 0.2) is 24.3 Å². The van der Waals surface area contributed by atoms with Gasteiger partial charge in [0.15, 0.2) is 0 Å². The lowest BCUT2D eigenvalue weighted by atomic mass is 10.2. The van der Waals surface area contributed by atoms with E-state index in [1.807, 2.05) is 12.1 Å². The number of ether oxygens (including phenoxy) is 3. The number of aliphatic hydroxyl groups is 1. The maximum absolute atomic E-state index is 9.93. The van der Waals surface area contributed by atoms with Crippen molar-refractivity contribution in [3.63, 3.8) is 0 Å². The summed E-state index contributed by atoms with van der Waals surface area (Å²) in [5.41, 5.74) is 1.30. The Bertz CT molecular complexity index is 404. The van der Waals surface area contributed by atoms with Gasteiger partial charge < -0.3 is 19.3 Å². The van der Waals surface area contributed by atoms with Gasteiger partial charge in [-0.1, -0.05) is 19.1 Å². The number of β-amino-alcohol motifs (C(OH)–C–C–N with tert-alkyl or cyclic N) is 1. The van der Waals surface area contributed by atoms with Gasteiger partial charge >= 0.3 is 0 Å². The van der Waals surface area contributed by atoms with Gasteiger partial charge in [-0.15, -0.1) is 0 Å². The van der Waals surface area contributed by atoms with Gasteiger partial charge in [0.05, 0.1) is 32.5 Å². The number of benzene rings is 1. The van der Waals surface area contributed by atoms with Crippen molar-refractivity contribution < 1.29 is 19.3 Å². The van der Waals surface area contributed by atoms with Crippen LogP contribution in [0.3, 0.4) is 0 Å². The summed E-state index contributed by atoms with van der Waals surface area (Å²) in [6.07, 6.45) is 0.576. The summed E-state index contributed by atoms with van der Waals surface area (Å²) in [7, 11) is 0. The summed E-state index contributed by atoms with van der Waals surface area (Å²) < 4.78 is 16.4. The number of rotatable bonds is 9. The molecule has 1 aromatic carbocycles. The van der Waals surface area contributed by atoms with Crippen molar-refractivity contribution in [1.29, 1.82) is 0 Å². The lowest BCUT2D eigenvalue weighted by Gasteiger charge is -2.28. The minimum absolute atomic E-state index is 0.343. The standard InChI is InChI=1S/C17H27NO4/c1-2-15-3-5-17(6-4-15)22-12-11-21-14-16(19)13-18-7-9-20-10-8-18/h3-6,16,19H,2,7-14H2,1H3/t16-/m1/s1. The summed E-state index contributed by atoms with van der Waals surface area (Å²) in [6, 6.07) is 8.10. The van der Waals surface area contributed by atoms with Gasteiger partial charge in [-0.05, 0) is 24.1 Å². The van der Waals surface area contributed by atoms with Crippen LogP contribution in [-0.2, 0) is 15.9 Å². The Morgan fingerprint density at radius 3 is 2.59 bits per heavy atom. The normalized spacial score (nSPS) is 17.4. The van der Waals surface area contributed by atoms with Crippen molar-refractivity contribution in [2.75, 3.05) is 52.7 Å². The molecule has 0 radical (unpaired) electrons. The van der Waals surface area contributed by atoms with Crippen LogP contribution in [0.5, 0.6) is 5.75 Å². The number of hydrogen-bond donors (Lipinski definition) is 1. The molecular formula is C17H27NO4. The van der Waals surface area contributed by atoms with Crippen LogP contribution in [0.1, 0.15) is 12.5 Å². The van der Waals surface area contributed by atoms with Crippen molar-refractivity contribution in [3.8, 4) is 5.75 Å². The van der Waals surface area contributed by atoms with E-state index in [-0.39, 0.29) is 0 Å². The summed E-state index contributed by atoms with van der Waals surface area (Å²) in [5.74, 6) is 0.856. The van der Waals surface area contributed by atoms with Gasteiger partial charge in [0.25, 0.3) is 0 Å². The third kappa shape index (κ3) is 6.32. The first kappa shape index (κ1) is 17.2. The zero-order chi connectivity index (χ0) is 15.6. The third-order valence-electron chi connectivity index (χ3n) is 3.71. The molecule has 0 aromatic heterocycles. The topological polar surface area (TPSA) is 51.2 Å². The maximum atomic E-state index is 9.93. The maximum Gasteiger partial charge on any atom is 0.119 e. The summed E-state index contributed by atoms with van der Waals surface area (Å²) in [6.45, 7) is 7.36. The second-order valence-electron chi connectivity index (χ2n) is 5.49. The number of hydrogen-bond acceptors (Lipinski definition) is 5. The Balaban J connectivity index is 1.52. The Hall–Kier alpha value is -1.14. The molecule has 1 heterocycles. The van der Waals surface area contributed by atoms with Crippen molar-refractivity contribution >= 4 is 0 Å². The average Bonchev–Trinajstić information content (AvgIpc) is 2.56. The fourth-order valence-electron chi connectivity index (χ4n) is 2.39. The van der Waals surface area contributed by atoms with Gasteiger partial charge in [-0.3, -0.25) is 4.90 Å². The summed E-state index contributed by atoms with van der Waals surface area (Å²) >= 11 is 0. The number of morpholine rings is 1. The SMILES string of the molecule is CCc1ccc(OCCOC[C@H](O)CN2CCOCC2)cc1. The fourth-order valence-corrected chi connectivity index (χ4v) is 2.39. The molecule has 5 heteroatoms. The number of aryl methyl sites for hydroxylation is 1. The molecule has 0 bridgehead atoms. The molecule has 5 nitrogen and oxygen atoms in total. The van der Waals surface area contributed by atoms with Crippen LogP contribution in [0.2, 0.25) is 0 Å². The van der Waals surface area contributed by atoms with Gasteiger partial charge in [0.1, 0.15) is 12.4 Å². The Kier molecular flexibility index (Phi) is 7.66. The summed E-state index contributed by atoms with van der Waals surface area (Å²) in [4.78, 5) is 2.20. The fraction of sp³-hybridized carbons (Fsp3) is 0.647. The summed E-state index contributed by atoms with van der Waals surface area (Å²) in [5, 5.41) is 9.93. The lowest BCUT2D eigenvalue weighted by molar-refractivity contribution is -0.0178. The Morgan fingerprint density at radius 2 is 1.91 bits per heavy atom. The quantitative estimate of drug-likeness (QED) is 0.698. The molecule has 0 spiro atoms. The highest BCUT2D eigenvalue weighted by Gasteiger charge is 2.14. The molecule has 22 heavy (non-hydrogen) atoms. The van der Waals surface area contributed by atoms with Gasteiger partial charge in [-0.25, -0.2) is 0 Å². The van der Waals surface area contributed by atoms with E-state index in [4.69, 9.17) is 14.2 Å². The molecule has 0 aliphatic carbocycles. The average molecular weight is 309 g/mol. The van der Waals surface area contributed by atoms with E-state index in [1.54, 1.807) is 0 Å².